The monoisotopic (exact) mass is 209 g/mol. The van der Waals surface area contributed by atoms with Crippen LogP contribution < -0.4 is 0 Å². The van der Waals surface area contributed by atoms with E-state index in [1.54, 1.807) is 0 Å². The minimum atomic E-state index is 0.559. The van der Waals surface area contributed by atoms with Crippen molar-refractivity contribution in [1.29, 1.82) is 5.26 Å². The minimum absolute atomic E-state index is 0.559. The fourth-order valence-corrected chi connectivity index (χ4v) is 1.23. The highest BCUT2D eigenvalue weighted by Gasteiger charge is 1.89. The maximum absolute atomic E-state index is 8.55. The lowest BCUT2D eigenvalue weighted by Crippen LogP contribution is -1.77. The van der Waals surface area contributed by atoms with Gasteiger partial charge in [0.1, 0.15) is 0 Å². The van der Waals surface area contributed by atoms with Crippen LogP contribution in [0.5, 0.6) is 0 Å². The summed E-state index contributed by atoms with van der Waals surface area (Å²) < 4.78 is 0. The Morgan fingerprint density at radius 3 is 2.00 bits per heavy atom. The molecule has 0 aromatic rings. The Morgan fingerprint density at radius 1 is 0.812 bits per heavy atom. The van der Waals surface area contributed by atoms with Gasteiger partial charge in [-0.15, -0.1) is 0 Å². The summed E-state index contributed by atoms with van der Waals surface area (Å²) in [6, 6.07) is 2.16. The van der Waals surface area contributed by atoms with Gasteiger partial charge >= 0.3 is 0 Å². The molecular weight excluding hydrogens is 194 g/mol. The summed E-state index contributed by atoms with van der Waals surface area (Å²) in [6.07, 6.45) is 23.3. The molecule has 1 aliphatic rings. The zero-order valence-corrected chi connectivity index (χ0v) is 9.21. The van der Waals surface area contributed by atoms with E-state index in [9.17, 15) is 0 Å². The van der Waals surface area contributed by atoms with E-state index in [-0.39, 0.29) is 0 Å². The van der Waals surface area contributed by atoms with E-state index >= 15 is 0 Å². The molecule has 0 fully saturated rings. The van der Waals surface area contributed by atoms with E-state index in [0.29, 0.717) is 6.42 Å². The molecule has 0 radical (unpaired) electrons. The fourth-order valence-electron chi connectivity index (χ4n) is 1.23. The van der Waals surface area contributed by atoms with Crippen molar-refractivity contribution in [1.82, 2.24) is 0 Å². The van der Waals surface area contributed by atoms with Crippen molar-refractivity contribution in [3.8, 4) is 6.07 Å². The molecule has 1 heteroatoms. The Labute approximate surface area is 97.1 Å². The second-order valence-electron chi connectivity index (χ2n) is 3.30. The maximum Gasteiger partial charge on any atom is 0.0625 e. The van der Waals surface area contributed by atoms with E-state index in [1.807, 2.05) is 66.8 Å². The zero-order chi connectivity index (χ0) is 11.5. The molecule has 0 heterocycles. The summed E-state index contributed by atoms with van der Waals surface area (Å²) in [4.78, 5) is 0. The van der Waals surface area contributed by atoms with Crippen LogP contribution in [0, 0.1) is 11.3 Å². The van der Waals surface area contributed by atoms with Gasteiger partial charge in [-0.05, 0) is 12.0 Å². The van der Waals surface area contributed by atoms with Crippen molar-refractivity contribution in [2.45, 2.75) is 12.8 Å². The summed E-state index contributed by atoms with van der Waals surface area (Å²) in [6.45, 7) is 0. The molecule has 1 nitrogen and oxygen atoms in total. The molecule has 80 valence electrons. The molecule has 1 rings (SSSR count). The second-order valence-corrected chi connectivity index (χ2v) is 3.30. The third-order valence-corrected chi connectivity index (χ3v) is 2.03. The Kier molecular flexibility index (Phi) is 6.19. The van der Waals surface area contributed by atoms with Gasteiger partial charge in [0.2, 0.25) is 0 Å². The van der Waals surface area contributed by atoms with Crippen LogP contribution in [0.2, 0.25) is 0 Å². The third kappa shape index (κ3) is 5.62. The quantitative estimate of drug-likeness (QED) is 0.674. The first-order valence-corrected chi connectivity index (χ1v) is 5.34. The maximum atomic E-state index is 8.55. The van der Waals surface area contributed by atoms with Gasteiger partial charge < -0.3 is 0 Å². The summed E-state index contributed by atoms with van der Waals surface area (Å²) in [5.74, 6) is 0. The molecule has 0 N–H and O–H groups in total. The Morgan fingerprint density at radius 2 is 1.38 bits per heavy atom. The average Bonchev–Trinajstić information content (AvgIpc) is 2.28. The van der Waals surface area contributed by atoms with Gasteiger partial charge in [-0.2, -0.15) is 5.26 Å². The van der Waals surface area contributed by atoms with Gasteiger partial charge in [0.05, 0.1) is 6.07 Å². The number of nitrogens with zero attached hydrogens (tertiary/aromatic N) is 1. The van der Waals surface area contributed by atoms with E-state index in [1.165, 1.54) is 5.57 Å². The summed E-state index contributed by atoms with van der Waals surface area (Å²) >= 11 is 0. The second kappa shape index (κ2) is 8.26. The highest BCUT2D eigenvalue weighted by atomic mass is 14.2. The average molecular weight is 209 g/mol. The molecule has 0 saturated heterocycles. The molecule has 1 aliphatic carbocycles. The highest BCUT2D eigenvalue weighted by Crippen LogP contribution is 2.07. The van der Waals surface area contributed by atoms with Crippen molar-refractivity contribution in [3.63, 3.8) is 0 Å². The summed E-state index contributed by atoms with van der Waals surface area (Å²) in [5, 5.41) is 8.55. The van der Waals surface area contributed by atoms with Crippen LogP contribution in [0.1, 0.15) is 12.8 Å². The Balaban J connectivity index is 2.76. The Bertz CT molecular complexity index is 409. The first kappa shape index (κ1) is 12.0. The Hall–Kier alpha value is -2.07. The van der Waals surface area contributed by atoms with Gasteiger partial charge in [-0.25, -0.2) is 0 Å². The van der Waals surface area contributed by atoms with Gasteiger partial charge in [0, 0.05) is 6.42 Å². The molecule has 0 aliphatic heterocycles. The smallest absolute Gasteiger partial charge is 0.0625 e. The van der Waals surface area contributed by atoms with Gasteiger partial charge in [0.25, 0.3) is 0 Å². The van der Waals surface area contributed by atoms with Crippen LogP contribution in [-0.2, 0) is 0 Å². The molecular formula is C15H15N. The number of allylic oxidation sites excluding steroid dienone is 12. The topological polar surface area (TPSA) is 23.8 Å². The van der Waals surface area contributed by atoms with Gasteiger partial charge in [-0.3, -0.25) is 0 Å². The SMILES string of the molecule is N#CCCC1=C\C=C/C=C\C=C/C=C\C=C1. The summed E-state index contributed by atoms with van der Waals surface area (Å²) in [7, 11) is 0. The van der Waals surface area contributed by atoms with Crippen molar-refractivity contribution in [2.75, 3.05) is 0 Å². The molecule has 16 heavy (non-hydrogen) atoms. The molecule has 0 aromatic heterocycles. The molecule has 0 saturated carbocycles. The summed E-state index contributed by atoms with van der Waals surface area (Å²) in [5.41, 5.74) is 1.17. The van der Waals surface area contributed by atoms with Gasteiger partial charge in [-0.1, -0.05) is 66.8 Å². The zero-order valence-electron chi connectivity index (χ0n) is 9.21. The largest absolute Gasteiger partial charge is 0.198 e. The predicted octanol–water partition coefficient (Wildman–Crippen LogP) is 4.01. The molecule has 0 aromatic carbocycles. The normalized spacial score (nSPS) is 23.1. The predicted molar refractivity (Wildman–Crippen MR) is 68.6 cm³/mol. The molecule has 0 unspecified atom stereocenters. The number of nitriles is 1. The molecule has 0 amide bonds. The highest BCUT2D eigenvalue weighted by molar-refractivity contribution is 5.29. The molecule has 0 spiro atoms. The van der Waals surface area contributed by atoms with E-state index in [2.05, 4.69) is 6.07 Å². The van der Waals surface area contributed by atoms with Crippen molar-refractivity contribution < 1.29 is 0 Å². The molecule has 0 bridgehead atoms. The van der Waals surface area contributed by atoms with Crippen LogP contribution in [0.3, 0.4) is 0 Å². The van der Waals surface area contributed by atoms with Crippen LogP contribution in [0.25, 0.3) is 0 Å². The first-order valence-electron chi connectivity index (χ1n) is 5.34. The lowest BCUT2D eigenvalue weighted by Gasteiger charge is -1.95. The lowest BCUT2D eigenvalue weighted by molar-refractivity contribution is 1.02. The van der Waals surface area contributed by atoms with E-state index < -0.39 is 0 Å². The van der Waals surface area contributed by atoms with Gasteiger partial charge in [0.15, 0.2) is 0 Å². The van der Waals surface area contributed by atoms with Crippen molar-refractivity contribution in [3.05, 3.63) is 72.4 Å². The van der Waals surface area contributed by atoms with Crippen LogP contribution in [-0.4, -0.2) is 0 Å². The van der Waals surface area contributed by atoms with Crippen LogP contribution in [0.15, 0.2) is 72.4 Å². The number of hydrogen-bond donors (Lipinski definition) is 0. The van der Waals surface area contributed by atoms with Crippen molar-refractivity contribution >= 4 is 0 Å². The number of hydrogen-bond acceptors (Lipinski definition) is 1. The standard InChI is InChI=1S/C15H15N/c16-14-10-13-15-11-8-6-4-2-1-3-5-7-9-12-15/h1-9,11-12H,10,13H2/b2-1-,3-1?,4-2?,5-3-,6-4-,7-5?,8-6?,9-7-,11-8?,12-9?,15-11?,15-12?. The third-order valence-electron chi connectivity index (χ3n) is 2.03. The number of rotatable bonds is 2. The lowest BCUT2D eigenvalue weighted by atomic mass is 10.1. The van der Waals surface area contributed by atoms with Crippen LogP contribution >= 0.6 is 0 Å². The fraction of sp³-hybridized carbons (Fsp3) is 0.133. The minimum Gasteiger partial charge on any atom is -0.198 e. The van der Waals surface area contributed by atoms with E-state index in [4.69, 9.17) is 5.26 Å². The first-order chi connectivity index (χ1) is 7.93. The van der Waals surface area contributed by atoms with Crippen LogP contribution in [0.4, 0.5) is 0 Å². The van der Waals surface area contributed by atoms with Crippen molar-refractivity contribution in [2.24, 2.45) is 0 Å². The molecule has 0 atom stereocenters. The van der Waals surface area contributed by atoms with E-state index in [0.717, 1.165) is 6.42 Å².